The molecular formula is C25H36N2O2. The molecule has 4 fully saturated rings. The van der Waals surface area contributed by atoms with Crippen molar-refractivity contribution in [2.45, 2.75) is 69.4 Å². The van der Waals surface area contributed by atoms with E-state index in [4.69, 9.17) is 0 Å². The van der Waals surface area contributed by atoms with E-state index in [1.165, 1.54) is 38.6 Å². The molecule has 4 aliphatic rings. The number of hydrogen-bond donors (Lipinski definition) is 2. The Morgan fingerprint density at radius 2 is 1.59 bits per heavy atom. The van der Waals surface area contributed by atoms with Crippen LogP contribution >= 0.6 is 0 Å². The first-order valence-corrected chi connectivity index (χ1v) is 12.0. The second-order valence-corrected chi connectivity index (χ2v) is 10.2. The molecule has 3 unspecified atom stereocenters. The maximum Gasteiger partial charge on any atom is 0.257 e. The van der Waals surface area contributed by atoms with Crippen LogP contribution in [0.2, 0.25) is 0 Å². The predicted octanol–water partition coefficient (Wildman–Crippen LogP) is 3.69. The van der Waals surface area contributed by atoms with Crippen LogP contribution in [-0.2, 0) is 10.4 Å². The molecule has 3 atom stereocenters. The van der Waals surface area contributed by atoms with Crippen LogP contribution in [-0.4, -0.2) is 41.6 Å². The predicted molar refractivity (Wildman–Crippen MR) is 114 cm³/mol. The second-order valence-electron chi connectivity index (χ2n) is 10.2. The molecule has 158 valence electrons. The van der Waals surface area contributed by atoms with Crippen LogP contribution < -0.4 is 5.32 Å². The van der Waals surface area contributed by atoms with Gasteiger partial charge in [-0.25, -0.2) is 0 Å². The SMILES string of the molecule is O=C(NC1C2CN(CC3CCCCC3)CC21)C(O)(c1ccccc1)C1CCCC1. The Kier molecular flexibility index (Phi) is 5.42. The Morgan fingerprint density at radius 1 is 0.966 bits per heavy atom. The van der Waals surface area contributed by atoms with Gasteiger partial charge in [0.15, 0.2) is 5.60 Å². The fourth-order valence-corrected chi connectivity index (χ4v) is 6.56. The van der Waals surface area contributed by atoms with Crippen LogP contribution in [0.3, 0.4) is 0 Å². The van der Waals surface area contributed by atoms with E-state index in [-0.39, 0.29) is 17.9 Å². The molecule has 1 aliphatic heterocycles. The van der Waals surface area contributed by atoms with E-state index in [1.807, 2.05) is 30.3 Å². The summed E-state index contributed by atoms with van der Waals surface area (Å²) in [6, 6.07) is 9.90. The van der Waals surface area contributed by atoms with E-state index in [2.05, 4.69) is 10.2 Å². The lowest BCUT2D eigenvalue weighted by Gasteiger charge is -2.34. The van der Waals surface area contributed by atoms with Crippen LogP contribution in [0.5, 0.6) is 0 Å². The summed E-state index contributed by atoms with van der Waals surface area (Å²) in [5, 5.41) is 14.9. The topological polar surface area (TPSA) is 52.6 Å². The summed E-state index contributed by atoms with van der Waals surface area (Å²) in [5.74, 6) is 1.94. The second kappa shape index (κ2) is 8.03. The molecular weight excluding hydrogens is 360 g/mol. The van der Waals surface area contributed by atoms with E-state index in [0.717, 1.165) is 50.3 Å². The number of benzene rings is 1. The molecule has 4 nitrogen and oxygen atoms in total. The molecule has 5 rings (SSSR count). The van der Waals surface area contributed by atoms with E-state index in [9.17, 15) is 9.90 Å². The number of fused-ring (bicyclic) bond motifs is 1. The number of likely N-dealkylation sites (tertiary alicyclic amines) is 1. The molecule has 0 bridgehead atoms. The number of carbonyl (C=O) groups is 1. The molecule has 0 aromatic heterocycles. The number of rotatable bonds is 6. The summed E-state index contributed by atoms with van der Waals surface area (Å²) >= 11 is 0. The Labute approximate surface area is 175 Å². The molecule has 0 radical (unpaired) electrons. The van der Waals surface area contributed by atoms with Gasteiger partial charge in [-0.1, -0.05) is 62.4 Å². The zero-order valence-electron chi connectivity index (χ0n) is 17.6. The van der Waals surface area contributed by atoms with Gasteiger partial charge in [-0.15, -0.1) is 0 Å². The zero-order chi connectivity index (χ0) is 19.8. The van der Waals surface area contributed by atoms with Crippen molar-refractivity contribution in [1.29, 1.82) is 0 Å². The average Bonchev–Trinajstić information content (AvgIpc) is 3.18. The molecule has 29 heavy (non-hydrogen) atoms. The van der Waals surface area contributed by atoms with Crippen LogP contribution in [0.1, 0.15) is 63.4 Å². The van der Waals surface area contributed by atoms with Gasteiger partial charge < -0.3 is 15.3 Å². The third-order valence-corrected chi connectivity index (χ3v) is 8.31. The van der Waals surface area contributed by atoms with Crippen LogP contribution in [0.15, 0.2) is 30.3 Å². The Morgan fingerprint density at radius 3 is 2.24 bits per heavy atom. The molecule has 1 aromatic carbocycles. The number of hydrogen-bond acceptors (Lipinski definition) is 3. The number of amides is 1. The van der Waals surface area contributed by atoms with E-state index in [1.54, 1.807) is 0 Å². The van der Waals surface area contributed by atoms with Gasteiger partial charge in [-0.2, -0.15) is 0 Å². The van der Waals surface area contributed by atoms with Gasteiger partial charge in [-0.05, 0) is 49.0 Å². The van der Waals surface area contributed by atoms with Crippen molar-refractivity contribution in [1.82, 2.24) is 10.2 Å². The highest BCUT2D eigenvalue weighted by Crippen LogP contribution is 2.47. The van der Waals surface area contributed by atoms with Gasteiger partial charge in [0.1, 0.15) is 0 Å². The van der Waals surface area contributed by atoms with E-state index >= 15 is 0 Å². The number of piperidine rings is 1. The van der Waals surface area contributed by atoms with Crippen molar-refractivity contribution < 1.29 is 9.90 Å². The fourth-order valence-electron chi connectivity index (χ4n) is 6.56. The number of carbonyl (C=O) groups excluding carboxylic acids is 1. The first-order chi connectivity index (χ1) is 14.2. The average molecular weight is 397 g/mol. The molecule has 1 saturated heterocycles. The minimum atomic E-state index is -1.38. The van der Waals surface area contributed by atoms with Crippen LogP contribution in [0, 0.1) is 23.7 Å². The van der Waals surface area contributed by atoms with Crippen molar-refractivity contribution in [3.8, 4) is 0 Å². The lowest BCUT2D eigenvalue weighted by atomic mass is 9.79. The summed E-state index contributed by atoms with van der Waals surface area (Å²) in [7, 11) is 0. The molecule has 3 aliphatic carbocycles. The molecule has 2 N–H and O–H groups in total. The molecule has 4 heteroatoms. The van der Waals surface area contributed by atoms with Gasteiger partial charge in [0.2, 0.25) is 0 Å². The van der Waals surface area contributed by atoms with Crippen LogP contribution in [0.4, 0.5) is 0 Å². The quantitative estimate of drug-likeness (QED) is 0.771. The highest BCUT2D eigenvalue weighted by atomic mass is 16.3. The van der Waals surface area contributed by atoms with Gasteiger partial charge in [0.25, 0.3) is 5.91 Å². The normalized spacial score (nSPS) is 32.7. The number of nitrogens with zero attached hydrogens (tertiary/aromatic N) is 1. The smallest absolute Gasteiger partial charge is 0.257 e. The lowest BCUT2D eigenvalue weighted by Crippen LogP contribution is -2.51. The van der Waals surface area contributed by atoms with Gasteiger partial charge in [0.05, 0.1) is 0 Å². The highest BCUT2D eigenvalue weighted by Gasteiger charge is 2.58. The van der Waals surface area contributed by atoms with Gasteiger partial charge >= 0.3 is 0 Å². The van der Waals surface area contributed by atoms with Gasteiger partial charge in [0, 0.05) is 31.6 Å². The molecule has 3 saturated carbocycles. The molecule has 1 amide bonds. The minimum absolute atomic E-state index is 0.0336. The van der Waals surface area contributed by atoms with Crippen molar-refractivity contribution in [2.24, 2.45) is 23.7 Å². The number of aliphatic hydroxyl groups is 1. The first kappa shape index (κ1) is 19.6. The summed E-state index contributed by atoms with van der Waals surface area (Å²) in [5.41, 5.74) is -0.620. The minimum Gasteiger partial charge on any atom is -0.375 e. The summed E-state index contributed by atoms with van der Waals surface area (Å²) < 4.78 is 0. The van der Waals surface area contributed by atoms with Crippen molar-refractivity contribution in [3.63, 3.8) is 0 Å². The largest absolute Gasteiger partial charge is 0.375 e. The van der Waals surface area contributed by atoms with E-state index in [0.29, 0.717) is 11.8 Å². The summed E-state index contributed by atoms with van der Waals surface area (Å²) in [6.07, 6.45) is 11.1. The van der Waals surface area contributed by atoms with Crippen molar-refractivity contribution in [2.75, 3.05) is 19.6 Å². The van der Waals surface area contributed by atoms with E-state index < -0.39 is 5.60 Å². The number of nitrogens with one attached hydrogen (secondary N) is 1. The Bertz CT molecular complexity index is 699. The monoisotopic (exact) mass is 396 g/mol. The summed E-state index contributed by atoms with van der Waals surface area (Å²) in [4.78, 5) is 16.0. The highest BCUT2D eigenvalue weighted by molar-refractivity contribution is 5.87. The third-order valence-electron chi connectivity index (χ3n) is 8.31. The standard InChI is InChI=1S/C25H36N2O2/c28-24(25(29,20-13-7-8-14-20)19-11-5-2-6-12-19)26-23-21-16-27(17-22(21)23)15-18-9-3-1-4-10-18/h2,5-6,11-12,18,20-23,29H,1,3-4,7-10,13-17H2,(H,26,28). The zero-order valence-corrected chi connectivity index (χ0v) is 17.6. The molecule has 1 aromatic rings. The van der Waals surface area contributed by atoms with Gasteiger partial charge in [-0.3, -0.25) is 4.79 Å². The van der Waals surface area contributed by atoms with Crippen LogP contribution in [0.25, 0.3) is 0 Å². The van der Waals surface area contributed by atoms with Crippen molar-refractivity contribution >= 4 is 5.91 Å². The Hall–Kier alpha value is -1.39. The summed E-state index contributed by atoms with van der Waals surface area (Å²) in [6.45, 7) is 3.50. The molecule has 0 spiro atoms. The lowest BCUT2D eigenvalue weighted by molar-refractivity contribution is -0.147. The fraction of sp³-hybridized carbons (Fsp3) is 0.720. The third kappa shape index (κ3) is 3.74. The molecule has 1 heterocycles. The van der Waals surface area contributed by atoms with Crippen molar-refractivity contribution in [3.05, 3.63) is 35.9 Å². The first-order valence-electron chi connectivity index (χ1n) is 12.0. The maximum atomic E-state index is 13.4. The Balaban J connectivity index is 1.20. The maximum absolute atomic E-state index is 13.4.